The maximum absolute atomic E-state index is 12.3. The predicted molar refractivity (Wildman–Crippen MR) is 91.6 cm³/mol. The van der Waals surface area contributed by atoms with Crippen molar-refractivity contribution in [3.8, 4) is 0 Å². The van der Waals surface area contributed by atoms with E-state index in [9.17, 15) is 4.79 Å². The summed E-state index contributed by atoms with van der Waals surface area (Å²) < 4.78 is 0. The fourth-order valence-electron chi connectivity index (χ4n) is 2.56. The van der Waals surface area contributed by atoms with E-state index in [1.807, 2.05) is 55.3 Å². The van der Waals surface area contributed by atoms with Gasteiger partial charge in [0.15, 0.2) is 0 Å². The molecule has 1 aliphatic heterocycles. The molecule has 0 radical (unpaired) electrons. The minimum Gasteiger partial charge on any atom is -0.346 e. The average molecular weight is 308 g/mol. The summed E-state index contributed by atoms with van der Waals surface area (Å²) in [5.74, 6) is -0.0815. The molecule has 3 rings (SSSR count). The first kappa shape index (κ1) is 15.2. The Morgan fingerprint density at radius 1 is 1.17 bits per heavy atom. The molecule has 0 unspecified atom stereocenters. The third-order valence-corrected chi connectivity index (χ3v) is 3.96. The molecule has 1 atom stereocenters. The molecule has 0 aliphatic carbocycles. The van der Waals surface area contributed by atoms with E-state index in [-0.39, 0.29) is 11.9 Å². The van der Waals surface area contributed by atoms with Gasteiger partial charge in [0.2, 0.25) is 0 Å². The Hall–Kier alpha value is -2.69. The van der Waals surface area contributed by atoms with Crippen LogP contribution in [0.1, 0.15) is 42.2 Å². The molecule has 2 heterocycles. The van der Waals surface area contributed by atoms with Crippen LogP contribution < -0.4 is 10.3 Å². The van der Waals surface area contributed by atoms with Crippen molar-refractivity contribution in [3.05, 3.63) is 59.9 Å². The fraction of sp³-hybridized carbons (Fsp3) is 0.278. The maximum Gasteiger partial charge on any atom is 0.251 e. The van der Waals surface area contributed by atoms with Crippen molar-refractivity contribution in [2.45, 2.75) is 26.3 Å². The van der Waals surface area contributed by atoms with Gasteiger partial charge in [-0.05, 0) is 55.8 Å². The van der Waals surface area contributed by atoms with Crippen LogP contribution >= 0.6 is 0 Å². The van der Waals surface area contributed by atoms with Gasteiger partial charge in [-0.25, -0.2) is 0 Å². The minimum absolute atomic E-state index is 0.0593. The first-order valence-electron chi connectivity index (χ1n) is 7.76. The summed E-state index contributed by atoms with van der Waals surface area (Å²) in [5.41, 5.74) is 3.83. The molecule has 1 aliphatic rings. The van der Waals surface area contributed by atoms with Gasteiger partial charge in [0.25, 0.3) is 5.91 Å². The number of benzene rings is 1. The maximum atomic E-state index is 12.3. The molecule has 1 amide bonds. The second-order valence-corrected chi connectivity index (χ2v) is 5.73. The molecule has 0 spiro atoms. The van der Waals surface area contributed by atoms with Crippen LogP contribution in [0.15, 0.2) is 53.9 Å². The highest BCUT2D eigenvalue weighted by Crippen LogP contribution is 2.20. The molecule has 0 fully saturated rings. The Morgan fingerprint density at radius 3 is 2.48 bits per heavy atom. The van der Waals surface area contributed by atoms with Crippen molar-refractivity contribution in [1.29, 1.82) is 0 Å². The number of carbonyl (C=O) groups is 1. The Morgan fingerprint density at radius 2 is 1.87 bits per heavy atom. The van der Waals surface area contributed by atoms with Gasteiger partial charge in [0, 0.05) is 36.6 Å². The lowest BCUT2D eigenvalue weighted by Crippen LogP contribution is -2.26. The summed E-state index contributed by atoms with van der Waals surface area (Å²) in [6.45, 7) is 4.89. The first-order chi connectivity index (χ1) is 11.1. The Bertz CT molecular complexity index is 710. The predicted octanol–water partition coefficient (Wildman–Crippen LogP) is 3.16. The summed E-state index contributed by atoms with van der Waals surface area (Å²) in [6, 6.07) is 11.3. The summed E-state index contributed by atoms with van der Waals surface area (Å²) >= 11 is 0. The SMILES string of the molecule is CC1=NN(c2ccc(C(=O)N[C@@H](C)c3ccncc3)cc2)CC1. The van der Waals surface area contributed by atoms with Gasteiger partial charge >= 0.3 is 0 Å². The van der Waals surface area contributed by atoms with Gasteiger partial charge in [-0.15, -0.1) is 0 Å². The van der Waals surface area contributed by atoms with Crippen LogP contribution in [0.2, 0.25) is 0 Å². The smallest absolute Gasteiger partial charge is 0.251 e. The van der Waals surface area contributed by atoms with Crippen molar-refractivity contribution < 1.29 is 4.79 Å². The van der Waals surface area contributed by atoms with E-state index in [0.717, 1.165) is 29.9 Å². The van der Waals surface area contributed by atoms with Gasteiger partial charge in [0.1, 0.15) is 0 Å². The van der Waals surface area contributed by atoms with E-state index in [4.69, 9.17) is 0 Å². The molecule has 118 valence electrons. The summed E-state index contributed by atoms with van der Waals surface area (Å²) in [6.07, 6.45) is 4.45. The molecule has 0 saturated carbocycles. The first-order valence-corrected chi connectivity index (χ1v) is 7.76. The standard InChI is InChI=1S/C18H20N4O/c1-13-9-12-22(21-13)17-5-3-16(4-6-17)18(23)20-14(2)15-7-10-19-11-8-15/h3-8,10-11,14H,9,12H2,1-2H3,(H,20,23)/t14-/m0/s1. The zero-order valence-electron chi connectivity index (χ0n) is 13.4. The fourth-order valence-corrected chi connectivity index (χ4v) is 2.56. The monoisotopic (exact) mass is 308 g/mol. The van der Waals surface area contributed by atoms with Crippen LogP contribution in [0, 0.1) is 0 Å². The zero-order chi connectivity index (χ0) is 16.2. The van der Waals surface area contributed by atoms with E-state index >= 15 is 0 Å². The summed E-state index contributed by atoms with van der Waals surface area (Å²) in [4.78, 5) is 16.3. The molecule has 23 heavy (non-hydrogen) atoms. The van der Waals surface area contributed by atoms with Crippen LogP contribution in [0.3, 0.4) is 0 Å². The lowest BCUT2D eigenvalue weighted by atomic mass is 10.1. The number of anilines is 1. The normalized spacial score (nSPS) is 15.2. The number of rotatable bonds is 4. The van der Waals surface area contributed by atoms with Gasteiger partial charge < -0.3 is 5.32 Å². The topological polar surface area (TPSA) is 57.6 Å². The Kier molecular flexibility index (Phi) is 4.37. The van der Waals surface area contributed by atoms with E-state index in [2.05, 4.69) is 15.4 Å². The molecule has 1 aromatic carbocycles. The number of hydrogen-bond donors (Lipinski definition) is 1. The van der Waals surface area contributed by atoms with Crippen LogP contribution in [0.5, 0.6) is 0 Å². The molecule has 0 bridgehead atoms. The highest BCUT2D eigenvalue weighted by Gasteiger charge is 2.14. The summed E-state index contributed by atoms with van der Waals surface area (Å²) in [7, 11) is 0. The second kappa shape index (κ2) is 6.60. The van der Waals surface area contributed by atoms with E-state index in [1.54, 1.807) is 12.4 Å². The lowest BCUT2D eigenvalue weighted by molar-refractivity contribution is 0.0940. The number of nitrogens with zero attached hydrogens (tertiary/aromatic N) is 3. The Labute approximate surface area is 136 Å². The number of hydrazone groups is 1. The van der Waals surface area contributed by atoms with Crippen molar-refractivity contribution >= 4 is 17.3 Å². The molecular weight excluding hydrogens is 288 g/mol. The van der Waals surface area contributed by atoms with Gasteiger partial charge in [-0.3, -0.25) is 14.8 Å². The summed E-state index contributed by atoms with van der Waals surface area (Å²) in [5, 5.41) is 9.43. The number of amides is 1. The molecule has 2 aromatic rings. The minimum atomic E-state index is -0.0815. The van der Waals surface area contributed by atoms with Crippen LogP contribution in [-0.2, 0) is 0 Å². The lowest BCUT2D eigenvalue weighted by Gasteiger charge is -2.16. The molecule has 5 heteroatoms. The number of carbonyl (C=O) groups excluding carboxylic acids is 1. The van der Waals surface area contributed by atoms with Crippen LogP contribution in [-0.4, -0.2) is 23.1 Å². The number of pyridine rings is 1. The second-order valence-electron chi connectivity index (χ2n) is 5.73. The van der Waals surface area contributed by atoms with Crippen molar-refractivity contribution in [2.75, 3.05) is 11.6 Å². The highest BCUT2D eigenvalue weighted by molar-refractivity contribution is 5.95. The molecule has 0 saturated heterocycles. The van der Waals surface area contributed by atoms with E-state index in [1.165, 1.54) is 0 Å². The quantitative estimate of drug-likeness (QED) is 0.944. The zero-order valence-corrected chi connectivity index (χ0v) is 13.4. The van der Waals surface area contributed by atoms with Gasteiger partial charge in [-0.2, -0.15) is 5.10 Å². The number of hydrogen-bond acceptors (Lipinski definition) is 4. The number of aromatic nitrogens is 1. The van der Waals surface area contributed by atoms with Gasteiger partial charge in [0.05, 0.1) is 11.7 Å². The Balaban J connectivity index is 1.66. The molecule has 1 N–H and O–H groups in total. The highest BCUT2D eigenvalue weighted by atomic mass is 16.1. The average Bonchev–Trinajstić information content (AvgIpc) is 3.02. The third-order valence-electron chi connectivity index (χ3n) is 3.96. The van der Waals surface area contributed by atoms with Crippen molar-refractivity contribution in [1.82, 2.24) is 10.3 Å². The molecular formula is C18H20N4O. The third kappa shape index (κ3) is 3.56. The number of nitrogens with one attached hydrogen (secondary N) is 1. The van der Waals surface area contributed by atoms with E-state index in [0.29, 0.717) is 5.56 Å². The van der Waals surface area contributed by atoms with Crippen LogP contribution in [0.25, 0.3) is 0 Å². The van der Waals surface area contributed by atoms with Crippen molar-refractivity contribution in [2.24, 2.45) is 5.10 Å². The van der Waals surface area contributed by atoms with Crippen molar-refractivity contribution in [3.63, 3.8) is 0 Å². The molecule has 1 aromatic heterocycles. The van der Waals surface area contributed by atoms with Gasteiger partial charge in [-0.1, -0.05) is 0 Å². The molecule has 5 nitrogen and oxygen atoms in total. The van der Waals surface area contributed by atoms with E-state index < -0.39 is 0 Å². The largest absolute Gasteiger partial charge is 0.346 e. The van der Waals surface area contributed by atoms with Crippen LogP contribution in [0.4, 0.5) is 5.69 Å².